The Bertz CT molecular complexity index is 559. The molecule has 0 radical (unpaired) electrons. The van der Waals surface area contributed by atoms with Crippen molar-refractivity contribution in [3.8, 4) is 0 Å². The van der Waals surface area contributed by atoms with E-state index in [9.17, 15) is 17.2 Å². The molecule has 0 aromatic heterocycles. The topological polar surface area (TPSA) is 66.4 Å². The highest BCUT2D eigenvalue weighted by Gasteiger charge is 2.60. The van der Waals surface area contributed by atoms with E-state index in [0.29, 0.717) is 5.92 Å². The number of rotatable bonds is 5. The van der Waals surface area contributed by atoms with Crippen LogP contribution < -0.4 is 5.32 Å². The Hall–Kier alpha value is -0.270. The molecule has 0 heterocycles. The summed E-state index contributed by atoms with van der Waals surface area (Å²) in [4.78, 5) is 0. The van der Waals surface area contributed by atoms with Gasteiger partial charge in [0.2, 0.25) is 0 Å². The third-order valence-corrected chi connectivity index (χ3v) is 6.53. The summed E-state index contributed by atoms with van der Waals surface area (Å²) in [5, 5.41) is 3.02. The maximum Gasteiger partial charge on any atom is 0.276 e. The zero-order chi connectivity index (χ0) is 16.4. The molecule has 4 fully saturated rings. The van der Waals surface area contributed by atoms with Gasteiger partial charge in [-0.1, -0.05) is 13.8 Å². The number of alkyl halides is 2. The lowest BCUT2D eigenvalue weighted by molar-refractivity contribution is -0.124. The molecule has 4 saturated carbocycles. The van der Waals surface area contributed by atoms with Crippen molar-refractivity contribution in [1.29, 1.82) is 0 Å². The molecule has 4 nitrogen and oxygen atoms in total. The maximum atomic E-state index is 13.8. The number of nitrogens with one attached hydrogen (secondary N) is 1. The second-order valence-corrected chi connectivity index (χ2v) is 10.3. The summed E-state index contributed by atoms with van der Waals surface area (Å²) in [6.07, 6.45) is 6.17. The summed E-state index contributed by atoms with van der Waals surface area (Å²) in [5.41, 5.74) is 0.116. The first-order valence-electron chi connectivity index (χ1n) is 7.90. The molecule has 0 aromatic carbocycles. The van der Waals surface area contributed by atoms with Crippen molar-refractivity contribution >= 4 is 10.1 Å². The molecule has 4 aliphatic carbocycles. The largest absolute Gasteiger partial charge is 0.306 e. The lowest BCUT2D eigenvalue weighted by atomic mass is 9.43. The minimum atomic E-state index is -4.67. The van der Waals surface area contributed by atoms with E-state index >= 15 is 0 Å². The van der Waals surface area contributed by atoms with Crippen LogP contribution in [0, 0.1) is 16.7 Å². The molecule has 4 rings (SSSR count). The Labute approximate surface area is 130 Å². The van der Waals surface area contributed by atoms with Crippen molar-refractivity contribution in [2.45, 2.75) is 63.8 Å². The van der Waals surface area contributed by atoms with Gasteiger partial charge in [0, 0.05) is 5.54 Å². The zero-order valence-corrected chi connectivity index (χ0v) is 14.0. The molecule has 0 aliphatic heterocycles. The molecule has 7 heteroatoms. The standard InChI is InChI=1S/C15H25F2NO3S/c1-12-3-11-4-13(2,6-12)8-14(5-11,7-12)18-9-15(16,17)10-22(19,20)21/h11,18H,3-10H2,1-2H3,(H,19,20,21). The molecule has 2 N–H and O–H groups in total. The van der Waals surface area contributed by atoms with Gasteiger partial charge in [-0.25, -0.2) is 8.78 Å². The van der Waals surface area contributed by atoms with Crippen LogP contribution in [0.2, 0.25) is 0 Å². The zero-order valence-electron chi connectivity index (χ0n) is 13.2. The number of hydrogen-bond donors (Lipinski definition) is 2. The van der Waals surface area contributed by atoms with E-state index in [1.165, 1.54) is 12.8 Å². The van der Waals surface area contributed by atoms with Gasteiger partial charge in [-0.15, -0.1) is 0 Å². The molecular formula is C15H25F2NO3S. The van der Waals surface area contributed by atoms with Crippen LogP contribution in [-0.2, 0) is 10.1 Å². The van der Waals surface area contributed by atoms with Crippen LogP contribution in [0.1, 0.15) is 52.4 Å². The third kappa shape index (κ3) is 3.31. The van der Waals surface area contributed by atoms with Crippen LogP contribution >= 0.6 is 0 Å². The summed E-state index contributed by atoms with van der Waals surface area (Å²) in [6.45, 7) is 3.82. The quantitative estimate of drug-likeness (QED) is 0.757. The highest BCUT2D eigenvalue weighted by molar-refractivity contribution is 7.85. The molecule has 4 bridgehead atoms. The highest BCUT2D eigenvalue weighted by atomic mass is 32.2. The first kappa shape index (κ1) is 16.6. The normalized spacial score (nSPS) is 44.5. The minimum Gasteiger partial charge on any atom is -0.306 e. The van der Waals surface area contributed by atoms with Crippen molar-refractivity contribution in [3.05, 3.63) is 0 Å². The van der Waals surface area contributed by atoms with Gasteiger partial charge < -0.3 is 5.32 Å². The molecule has 2 unspecified atom stereocenters. The monoisotopic (exact) mass is 337 g/mol. The summed E-state index contributed by atoms with van der Waals surface area (Å²) < 4.78 is 57.7. The van der Waals surface area contributed by atoms with Crippen LogP contribution in [0.15, 0.2) is 0 Å². The molecule has 0 saturated heterocycles. The van der Waals surface area contributed by atoms with E-state index < -0.39 is 28.3 Å². The van der Waals surface area contributed by atoms with E-state index in [2.05, 4.69) is 19.2 Å². The average molecular weight is 337 g/mol. The SMILES string of the molecule is CC12CC3CC(C)(C1)CC(NCC(F)(F)CS(=O)(=O)O)(C3)C2. The second kappa shape index (κ2) is 4.63. The van der Waals surface area contributed by atoms with Crippen LogP contribution in [0.5, 0.6) is 0 Å². The second-order valence-electron chi connectivity index (χ2n) is 8.85. The molecule has 22 heavy (non-hydrogen) atoms. The Morgan fingerprint density at radius 2 is 1.68 bits per heavy atom. The van der Waals surface area contributed by atoms with Crippen molar-refractivity contribution in [2.75, 3.05) is 12.3 Å². The van der Waals surface area contributed by atoms with Crippen molar-refractivity contribution in [3.63, 3.8) is 0 Å². The number of hydrogen-bond acceptors (Lipinski definition) is 3. The van der Waals surface area contributed by atoms with E-state index in [-0.39, 0.29) is 16.4 Å². The molecular weight excluding hydrogens is 312 g/mol. The Kier molecular flexibility index (Phi) is 3.49. The first-order valence-corrected chi connectivity index (χ1v) is 9.51. The van der Waals surface area contributed by atoms with Crippen LogP contribution in [0.4, 0.5) is 8.78 Å². The predicted molar refractivity (Wildman–Crippen MR) is 79.5 cm³/mol. The summed E-state index contributed by atoms with van der Waals surface area (Å²) in [5.74, 6) is -4.38. The molecule has 0 spiro atoms. The van der Waals surface area contributed by atoms with Gasteiger partial charge >= 0.3 is 0 Å². The van der Waals surface area contributed by atoms with Gasteiger partial charge in [-0.05, 0) is 55.3 Å². The molecule has 128 valence electrons. The van der Waals surface area contributed by atoms with Gasteiger partial charge in [-0.2, -0.15) is 8.42 Å². The smallest absolute Gasteiger partial charge is 0.276 e. The maximum absolute atomic E-state index is 13.8. The highest BCUT2D eigenvalue weighted by Crippen LogP contribution is 2.66. The van der Waals surface area contributed by atoms with Gasteiger partial charge in [0.05, 0.1) is 6.54 Å². The van der Waals surface area contributed by atoms with Gasteiger partial charge in [0.25, 0.3) is 16.0 Å². The average Bonchev–Trinajstić information content (AvgIpc) is 2.18. The van der Waals surface area contributed by atoms with E-state index in [0.717, 1.165) is 25.7 Å². The van der Waals surface area contributed by atoms with Crippen molar-refractivity contribution < 1.29 is 21.8 Å². The van der Waals surface area contributed by atoms with Crippen molar-refractivity contribution in [1.82, 2.24) is 5.32 Å². The van der Waals surface area contributed by atoms with Gasteiger partial charge in [0.15, 0.2) is 0 Å². The van der Waals surface area contributed by atoms with Crippen LogP contribution in [0.25, 0.3) is 0 Å². The first-order chi connectivity index (χ1) is 9.82. The Balaban J connectivity index is 1.73. The summed E-state index contributed by atoms with van der Waals surface area (Å²) in [7, 11) is -4.67. The number of halogens is 2. The fourth-order valence-electron chi connectivity index (χ4n) is 6.28. The fourth-order valence-corrected chi connectivity index (χ4v) is 6.92. The van der Waals surface area contributed by atoms with Crippen LogP contribution in [0.3, 0.4) is 0 Å². The van der Waals surface area contributed by atoms with Gasteiger partial charge in [0.1, 0.15) is 5.75 Å². The van der Waals surface area contributed by atoms with Gasteiger partial charge in [-0.3, -0.25) is 4.55 Å². The molecule has 0 aromatic rings. The Morgan fingerprint density at radius 1 is 1.14 bits per heavy atom. The molecule has 2 atom stereocenters. The minimum absolute atomic E-state index is 0.208. The molecule has 4 aliphatic rings. The lowest BCUT2D eigenvalue weighted by Gasteiger charge is -2.65. The fraction of sp³-hybridized carbons (Fsp3) is 1.00. The van der Waals surface area contributed by atoms with Crippen LogP contribution in [-0.4, -0.2) is 36.7 Å². The van der Waals surface area contributed by atoms with Crippen molar-refractivity contribution in [2.24, 2.45) is 16.7 Å². The lowest BCUT2D eigenvalue weighted by Crippen LogP contribution is -2.65. The molecule has 0 amide bonds. The van der Waals surface area contributed by atoms with E-state index in [1.807, 2.05) is 0 Å². The summed E-state index contributed by atoms with van der Waals surface area (Å²) >= 11 is 0. The van der Waals surface area contributed by atoms with E-state index in [4.69, 9.17) is 4.55 Å². The predicted octanol–water partition coefficient (Wildman–Crippen LogP) is 2.85. The summed E-state index contributed by atoms with van der Waals surface area (Å²) in [6, 6.07) is 0. The Morgan fingerprint density at radius 3 is 2.14 bits per heavy atom. The third-order valence-electron chi connectivity index (χ3n) is 5.74. The van der Waals surface area contributed by atoms with E-state index in [1.54, 1.807) is 0 Å².